The monoisotopic (exact) mass is 345 g/mol. The maximum atomic E-state index is 11.6. The first-order chi connectivity index (χ1) is 11.7. The van der Waals surface area contributed by atoms with E-state index in [9.17, 15) is 4.79 Å². The number of unbranched alkanes of at least 4 members (excludes halogenated alkanes) is 10. The van der Waals surface area contributed by atoms with Gasteiger partial charge < -0.3 is 14.9 Å². The van der Waals surface area contributed by atoms with Crippen molar-refractivity contribution in [1.82, 2.24) is 4.90 Å². The summed E-state index contributed by atoms with van der Waals surface area (Å²) in [5, 5.41) is 17.8. The van der Waals surface area contributed by atoms with Gasteiger partial charge in [0.25, 0.3) is 0 Å². The Balaban J connectivity index is 3.36. The molecule has 0 aliphatic carbocycles. The van der Waals surface area contributed by atoms with Gasteiger partial charge in [0.2, 0.25) is 0 Å². The van der Waals surface area contributed by atoms with Crippen LogP contribution in [0.1, 0.15) is 84.0 Å². The zero-order valence-electron chi connectivity index (χ0n) is 15.7. The second-order valence-corrected chi connectivity index (χ2v) is 6.50. The SMILES string of the molecule is CCCCCCCCCCCCCC(=O)OCN(CCO)CCO. The molecule has 0 unspecified atom stereocenters. The second-order valence-electron chi connectivity index (χ2n) is 6.50. The normalized spacial score (nSPS) is 11.2. The Bertz CT molecular complexity index is 268. The summed E-state index contributed by atoms with van der Waals surface area (Å²) in [5.74, 6) is -0.188. The number of hydrogen-bond acceptors (Lipinski definition) is 5. The molecule has 0 saturated carbocycles. The summed E-state index contributed by atoms with van der Waals surface area (Å²) in [4.78, 5) is 13.4. The van der Waals surface area contributed by atoms with Crippen LogP contribution in [0, 0.1) is 0 Å². The summed E-state index contributed by atoms with van der Waals surface area (Å²) in [6, 6.07) is 0. The summed E-state index contributed by atoms with van der Waals surface area (Å²) in [6.45, 7) is 3.21. The number of esters is 1. The molecule has 5 heteroatoms. The average Bonchev–Trinajstić information content (AvgIpc) is 2.58. The van der Waals surface area contributed by atoms with E-state index < -0.39 is 0 Å². The Morgan fingerprint density at radius 2 is 1.25 bits per heavy atom. The molecule has 0 radical (unpaired) electrons. The minimum absolute atomic E-state index is 0.00382. The van der Waals surface area contributed by atoms with Gasteiger partial charge in [-0.2, -0.15) is 0 Å². The molecule has 0 saturated heterocycles. The fourth-order valence-corrected chi connectivity index (χ4v) is 2.69. The van der Waals surface area contributed by atoms with E-state index in [1.165, 1.54) is 57.8 Å². The number of rotatable bonds is 18. The van der Waals surface area contributed by atoms with E-state index in [-0.39, 0.29) is 25.9 Å². The van der Waals surface area contributed by atoms with Crippen molar-refractivity contribution in [3.8, 4) is 0 Å². The number of ether oxygens (including phenoxy) is 1. The van der Waals surface area contributed by atoms with Gasteiger partial charge in [0.05, 0.1) is 13.2 Å². The molecule has 0 aliphatic rings. The Morgan fingerprint density at radius 1 is 0.792 bits per heavy atom. The van der Waals surface area contributed by atoms with Crippen LogP contribution in [0.4, 0.5) is 0 Å². The van der Waals surface area contributed by atoms with Gasteiger partial charge in [-0.1, -0.05) is 71.1 Å². The predicted molar refractivity (Wildman–Crippen MR) is 97.8 cm³/mol. The second kappa shape index (κ2) is 18.7. The van der Waals surface area contributed by atoms with Crippen molar-refractivity contribution in [3.63, 3.8) is 0 Å². The Kier molecular flexibility index (Phi) is 18.2. The van der Waals surface area contributed by atoms with E-state index in [0.717, 1.165) is 12.8 Å². The van der Waals surface area contributed by atoms with Crippen molar-refractivity contribution < 1.29 is 19.7 Å². The van der Waals surface area contributed by atoms with Gasteiger partial charge in [-0.25, -0.2) is 0 Å². The molecule has 5 nitrogen and oxygen atoms in total. The molecular formula is C19H39NO4. The van der Waals surface area contributed by atoms with Crippen LogP contribution >= 0.6 is 0 Å². The van der Waals surface area contributed by atoms with Gasteiger partial charge in [0.15, 0.2) is 0 Å². The molecule has 24 heavy (non-hydrogen) atoms. The van der Waals surface area contributed by atoms with Crippen LogP contribution in [0.25, 0.3) is 0 Å². The molecule has 0 aromatic carbocycles. The van der Waals surface area contributed by atoms with Crippen molar-refractivity contribution in [2.24, 2.45) is 0 Å². The van der Waals surface area contributed by atoms with Gasteiger partial charge in [0, 0.05) is 19.5 Å². The molecule has 2 N–H and O–H groups in total. The third-order valence-corrected chi connectivity index (χ3v) is 4.23. The lowest BCUT2D eigenvalue weighted by Crippen LogP contribution is -2.33. The van der Waals surface area contributed by atoms with Gasteiger partial charge >= 0.3 is 5.97 Å². The standard InChI is InChI=1S/C19H39NO4/c1-2-3-4-5-6-7-8-9-10-11-12-13-19(23)24-18-20(14-16-21)15-17-22/h21-22H,2-18H2,1H3. The van der Waals surface area contributed by atoms with Crippen molar-refractivity contribution >= 4 is 5.97 Å². The Morgan fingerprint density at radius 3 is 1.71 bits per heavy atom. The Labute approximate surface area is 148 Å². The highest BCUT2D eigenvalue weighted by atomic mass is 16.5. The maximum Gasteiger partial charge on any atom is 0.307 e. The fourth-order valence-electron chi connectivity index (χ4n) is 2.69. The van der Waals surface area contributed by atoms with E-state index in [4.69, 9.17) is 14.9 Å². The van der Waals surface area contributed by atoms with Crippen LogP contribution in [0.5, 0.6) is 0 Å². The van der Waals surface area contributed by atoms with E-state index >= 15 is 0 Å². The fraction of sp³-hybridized carbons (Fsp3) is 0.947. The molecule has 0 atom stereocenters. The van der Waals surface area contributed by atoms with Crippen LogP contribution < -0.4 is 0 Å². The van der Waals surface area contributed by atoms with Gasteiger partial charge in [-0.3, -0.25) is 9.69 Å². The molecule has 0 aromatic heterocycles. The summed E-state index contributed by atoms with van der Waals surface area (Å²) >= 11 is 0. The first-order valence-electron chi connectivity index (χ1n) is 9.84. The zero-order chi connectivity index (χ0) is 17.9. The lowest BCUT2D eigenvalue weighted by Gasteiger charge is -2.19. The molecule has 144 valence electrons. The summed E-state index contributed by atoms with van der Waals surface area (Å²) in [5.41, 5.74) is 0. The smallest absolute Gasteiger partial charge is 0.307 e. The van der Waals surface area contributed by atoms with Crippen molar-refractivity contribution in [1.29, 1.82) is 0 Å². The maximum absolute atomic E-state index is 11.6. The topological polar surface area (TPSA) is 70.0 Å². The summed E-state index contributed by atoms with van der Waals surface area (Å²) in [7, 11) is 0. The number of carbonyl (C=O) groups is 1. The third kappa shape index (κ3) is 16.2. The molecule has 0 fully saturated rings. The molecule has 0 amide bonds. The number of aliphatic hydroxyl groups is 2. The quantitative estimate of drug-likeness (QED) is 0.226. The van der Waals surface area contributed by atoms with Crippen molar-refractivity contribution in [3.05, 3.63) is 0 Å². The van der Waals surface area contributed by atoms with Gasteiger partial charge in [-0.15, -0.1) is 0 Å². The van der Waals surface area contributed by atoms with Crippen LogP contribution in [-0.2, 0) is 9.53 Å². The number of aliphatic hydroxyl groups excluding tert-OH is 2. The molecular weight excluding hydrogens is 306 g/mol. The highest BCUT2D eigenvalue weighted by Gasteiger charge is 2.07. The zero-order valence-corrected chi connectivity index (χ0v) is 15.7. The molecule has 0 heterocycles. The van der Waals surface area contributed by atoms with E-state index in [1.54, 1.807) is 4.90 Å². The van der Waals surface area contributed by atoms with Crippen molar-refractivity contribution in [2.45, 2.75) is 84.0 Å². The first-order valence-corrected chi connectivity index (χ1v) is 9.84. The van der Waals surface area contributed by atoms with Gasteiger partial charge in [-0.05, 0) is 6.42 Å². The highest BCUT2D eigenvalue weighted by Crippen LogP contribution is 2.12. The first kappa shape index (κ1) is 23.4. The number of nitrogens with zero attached hydrogens (tertiary/aromatic N) is 1. The molecule has 0 aliphatic heterocycles. The van der Waals surface area contributed by atoms with E-state index in [0.29, 0.717) is 19.5 Å². The van der Waals surface area contributed by atoms with E-state index in [2.05, 4.69) is 6.92 Å². The van der Waals surface area contributed by atoms with Crippen LogP contribution in [0.15, 0.2) is 0 Å². The minimum atomic E-state index is -0.188. The lowest BCUT2D eigenvalue weighted by molar-refractivity contribution is -0.149. The molecule has 0 aromatic rings. The summed E-state index contributed by atoms with van der Waals surface area (Å²) in [6.07, 6.45) is 14.4. The van der Waals surface area contributed by atoms with Crippen LogP contribution in [0.2, 0.25) is 0 Å². The Hall–Kier alpha value is -0.650. The van der Waals surface area contributed by atoms with Crippen LogP contribution in [0.3, 0.4) is 0 Å². The average molecular weight is 346 g/mol. The predicted octanol–water partition coefficient (Wildman–Crippen LogP) is 3.47. The lowest BCUT2D eigenvalue weighted by atomic mass is 10.1. The largest absolute Gasteiger partial charge is 0.449 e. The molecule has 0 rings (SSSR count). The third-order valence-electron chi connectivity index (χ3n) is 4.23. The van der Waals surface area contributed by atoms with Crippen LogP contribution in [-0.4, -0.2) is 54.1 Å². The molecule has 0 bridgehead atoms. The van der Waals surface area contributed by atoms with Crippen molar-refractivity contribution in [2.75, 3.05) is 33.0 Å². The van der Waals surface area contributed by atoms with E-state index in [1.807, 2.05) is 0 Å². The minimum Gasteiger partial charge on any atom is -0.449 e. The van der Waals surface area contributed by atoms with Gasteiger partial charge in [0.1, 0.15) is 6.73 Å². The number of hydrogen-bond donors (Lipinski definition) is 2. The molecule has 0 spiro atoms. The highest BCUT2D eigenvalue weighted by molar-refractivity contribution is 5.69. The number of carbonyl (C=O) groups excluding carboxylic acids is 1. The summed E-state index contributed by atoms with van der Waals surface area (Å²) < 4.78 is 5.17.